The number of benzene rings is 2. The zero-order valence-corrected chi connectivity index (χ0v) is 21.3. The molecule has 36 heavy (non-hydrogen) atoms. The standard InChI is InChI=1S/C27H34F3NO5/c1-19(2)34-17-26(5,23(32)31-15-21-12-9-13-22(14-21)27(28,29)30)18-35-24(33)25(3,4)36-16-20-10-7-6-8-11-20/h6-14,19H,15-18H2,1-5H3,(H,31,32). The third kappa shape index (κ3) is 8.95. The molecule has 0 heterocycles. The van der Waals surface area contributed by atoms with Crippen molar-refractivity contribution < 1.29 is 37.0 Å². The van der Waals surface area contributed by atoms with Crippen LogP contribution in [-0.2, 0) is 43.1 Å². The summed E-state index contributed by atoms with van der Waals surface area (Å²) in [7, 11) is 0. The van der Waals surface area contributed by atoms with Crippen molar-refractivity contribution in [3.63, 3.8) is 0 Å². The lowest BCUT2D eigenvalue weighted by molar-refractivity contribution is -0.175. The third-order valence-electron chi connectivity index (χ3n) is 5.45. The fraction of sp³-hybridized carbons (Fsp3) is 0.481. The molecule has 9 heteroatoms. The maximum absolute atomic E-state index is 13.1. The lowest BCUT2D eigenvalue weighted by Crippen LogP contribution is -2.47. The highest BCUT2D eigenvalue weighted by Gasteiger charge is 2.39. The van der Waals surface area contributed by atoms with E-state index in [1.807, 2.05) is 30.3 Å². The van der Waals surface area contributed by atoms with Crippen molar-refractivity contribution in [2.75, 3.05) is 13.2 Å². The van der Waals surface area contributed by atoms with Gasteiger partial charge in [-0.3, -0.25) is 4.79 Å². The van der Waals surface area contributed by atoms with E-state index in [0.29, 0.717) is 0 Å². The van der Waals surface area contributed by atoms with Gasteiger partial charge in [-0.15, -0.1) is 0 Å². The van der Waals surface area contributed by atoms with Gasteiger partial charge in [-0.1, -0.05) is 42.5 Å². The first-order valence-electron chi connectivity index (χ1n) is 11.6. The maximum atomic E-state index is 13.1. The summed E-state index contributed by atoms with van der Waals surface area (Å²) in [6, 6.07) is 14.1. The van der Waals surface area contributed by atoms with Crippen LogP contribution in [0.4, 0.5) is 13.2 Å². The largest absolute Gasteiger partial charge is 0.462 e. The summed E-state index contributed by atoms with van der Waals surface area (Å²) in [5.41, 5.74) is -2.17. The van der Waals surface area contributed by atoms with Crippen molar-refractivity contribution in [2.45, 2.75) is 65.7 Å². The molecule has 6 nitrogen and oxygen atoms in total. The number of esters is 1. The van der Waals surface area contributed by atoms with E-state index in [1.165, 1.54) is 12.1 Å². The minimum Gasteiger partial charge on any atom is -0.462 e. The van der Waals surface area contributed by atoms with Crippen LogP contribution >= 0.6 is 0 Å². The molecule has 0 fully saturated rings. The second-order valence-corrected chi connectivity index (χ2v) is 9.66. The molecular formula is C27H34F3NO5. The average Bonchev–Trinajstić information content (AvgIpc) is 2.83. The molecule has 1 amide bonds. The molecule has 2 aromatic rings. The number of hydrogen-bond acceptors (Lipinski definition) is 5. The quantitative estimate of drug-likeness (QED) is 0.394. The highest BCUT2D eigenvalue weighted by Crippen LogP contribution is 2.29. The molecule has 0 spiro atoms. The fourth-order valence-corrected chi connectivity index (χ4v) is 3.07. The van der Waals surface area contributed by atoms with E-state index < -0.39 is 34.6 Å². The second-order valence-electron chi connectivity index (χ2n) is 9.66. The molecule has 1 unspecified atom stereocenters. The van der Waals surface area contributed by atoms with Crippen molar-refractivity contribution in [1.82, 2.24) is 5.32 Å². The number of rotatable bonds is 12. The third-order valence-corrected chi connectivity index (χ3v) is 5.45. The molecule has 1 atom stereocenters. The topological polar surface area (TPSA) is 73.9 Å². The van der Waals surface area contributed by atoms with E-state index in [9.17, 15) is 22.8 Å². The van der Waals surface area contributed by atoms with Crippen LogP contribution in [0.25, 0.3) is 0 Å². The van der Waals surface area contributed by atoms with Crippen molar-refractivity contribution in [2.24, 2.45) is 5.41 Å². The normalized spacial score (nSPS) is 13.8. The van der Waals surface area contributed by atoms with Crippen LogP contribution in [0.1, 0.15) is 51.3 Å². The molecule has 0 saturated heterocycles. The number of halogens is 3. The van der Waals surface area contributed by atoms with Crippen LogP contribution in [0.2, 0.25) is 0 Å². The number of alkyl halides is 3. The van der Waals surface area contributed by atoms with Crippen molar-refractivity contribution in [3.05, 3.63) is 71.3 Å². The lowest BCUT2D eigenvalue weighted by Gasteiger charge is -2.31. The van der Waals surface area contributed by atoms with Gasteiger partial charge in [-0.2, -0.15) is 13.2 Å². The van der Waals surface area contributed by atoms with Crippen molar-refractivity contribution in [1.29, 1.82) is 0 Å². The van der Waals surface area contributed by atoms with Crippen LogP contribution in [-0.4, -0.2) is 36.8 Å². The monoisotopic (exact) mass is 509 g/mol. The van der Waals surface area contributed by atoms with Crippen LogP contribution in [0.5, 0.6) is 0 Å². The summed E-state index contributed by atoms with van der Waals surface area (Å²) >= 11 is 0. The molecule has 0 aromatic heterocycles. The number of hydrogen-bond donors (Lipinski definition) is 1. The van der Waals surface area contributed by atoms with Gasteiger partial charge in [0.25, 0.3) is 0 Å². The minimum atomic E-state index is -4.48. The number of amides is 1. The summed E-state index contributed by atoms with van der Waals surface area (Å²) in [5.74, 6) is -1.17. The predicted octanol–water partition coefficient (Wildman–Crippen LogP) is 5.29. The van der Waals surface area contributed by atoms with Crippen LogP contribution in [0.15, 0.2) is 54.6 Å². The van der Waals surface area contributed by atoms with Crippen LogP contribution < -0.4 is 5.32 Å². The van der Waals surface area contributed by atoms with Gasteiger partial charge in [0.15, 0.2) is 5.60 Å². The van der Waals surface area contributed by atoms with Crippen LogP contribution in [0, 0.1) is 5.41 Å². The molecule has 0 radical (unpaired) electrons. The van der Waals surface area contributed by atoms with Gasteiger partial charge >= 0.3 is 12.1 Å². The Morgan fingerprint density at radius 1 is 0.917 bits per heavy atom. The molecular weight excluding hydrogens is 475 g/mol. The van der Waals surface area contributed by atoms with E-state index in [0.717, 1.165) is 17.7 Å². The summed E-state index contributed by atoms with van der Waals surface area (Å²) in [6.45, 7) is 8.04. The first kappa shape index (κ1) is 29.3. The summed E-state index contributed by atoms with van der Waals surface area (Å²) in [4.78, 5) is 25.8. The number of carbonyl (C=O) groups excluding carboxylic acids is 2. The first-order chi connectivity index (χ1) is 16.7. The molecule has 198 valence electrons. The minimum absolute atomic E-state index is 0.0579. The van der Waals surface area contributed by atoms with E-state index in [1.54, 1.807) is 34.6 Å². The SMILES string of the molecule is CC(C)OCC(C)(COC(=O)C(C)(C)OCc1ccccc1)C(=O)NCc1cccc(C(F)(F)F)c1. The van der Waals surface area contributed by atoms with Gasteiger partial charge in [0.05, 0.1) is 24.9 Å². The van der Waals surface area contributed by atoms with E-state index >= 15 is 0 Å². The predicted molar refractivity (Wildman–Crippen MR) is 129 cm³/mol. The second kappa shape index (κ2) is 12.4. The lowest BCUT2D eigenvalue weighted by atomic mass is 9.91. The number of carbonyl (C=O) groups is 2. The Balaban J connectivity index is 2.03. The summed E-state index contributed by atoms with van der Waals surface area (Å²) in [5, 5.41) is 2.64. The zero-order chi connectivity index (χ0) is 27.0. The Bertz CT molecular complexity index is 1010. The molecule has 1 N–H and O–H groups in total. The van der Waals surface area contributed by atoms with Gasteiger partial charge in [-0.05, 0) is 57.9 Å². The fourth-order valence-electron chi connectivity index (χ4n) is 3.07. The molecule has 0 saturated carbocycles. The van der Waals surface area contributed by atoms with Crippen molar-refractivity contribution >= 4 is 11.9 Å². The van der Waals surface area contributed by atoms with Gasteiger partial charge in [0.2, 0.25) is 5.91 Å². The Kier molecular flexibility index (Phi) is 10.1. The number of ether oxygens (including phenoxy) is 3. The van der Waals surface area contributed by atoms with Crippen LogP contribution in [0.3, 0.4) is 0 Å². The number of nitrogens with one attached hydrogen (secondary N) is 1. The molecule has 0 aliphatic heterocycles. The highest BCUT2D eigenvalue weighted by atomic mass is 19.4. The van der Waals surface area contributed by atoms with Gasteiger partial charge in [-0.25, -0.2) is 4.79 Å². The Hall–Kier alpha value is -2.91. The molecule has 2 rings (SSSR count). The zero-order valence-electron chi connectivity index (χ0n) is 21.3. The first-order valence-corrected chi connectivity index (χ1v) is 11.6. The van der Waals surface area contributed by atoms with E-state index in [-0.39, 0.29) is 38.0 Å². The maximum Gasteiger partial charge on any atom is 0.416 e. The highest BCUT2D eigenvalue weighted by molar-refractivity contribution is 5.83. The molecule has 0 aliphatic rings. The van der Waals surface area contributed by atoms with Gasteiger partial charge in [0.1, 0.15) is 12.0 Å². The molecule has 2 aromatic carbocycles. The van der Waals surface area contributed by atoms with E-state index in [4.69, 9.17) is 14.2 Å². The summed E-state index contributed by atoms with van der Waals surface area (Å²) < 4.78 is 55.8. The van der Waals surface area contributed by atoms with Gasteiger partial charge in [0, 0.05) is 6.54 Å². The Morgan fingerprint density at radius 2 is 1.56 bits per heavy atom. The average molecular weight is 510 g/mol. The Labute approximate surface area is 210 Å². The Morgan fingerprint density at radius 3 is 2.17 bits per heavy atom. The van der Waals surface area contributed by atoms with Gasteiger partial charge < -0.3 is 19.5 Å². The smallest absolute Gasteiger partial charge is 0.416 e. The van der Waals surface area contributed by atoms with E-state index in [2.05, 4.69) is 5.32 Å². The van der Waals surface area contributed by atoms with Crippen molar-refractivity contribution in [3.8, 4) is 0 Å². The molecule has 0 bridgehead atoms. The molecule has 0 aliphatic carbocycles. The summed E-state index contributed by atoms with van der Waals surface area (Å²) in [6.07, 6.45) is -4.68.